The number of rotatable bonds is 7. The van der Waals surface area contributed by atoms with Gasteiger partial charge in [-0.3, -0.25) is 9.80 Å². The Labute approximate surface area is 108 Å². The molecular formula is C14H31N3. The van der Waals surface area contributed by atoms with Crippen molar-refractivity contribution in [3.05, 3.63) is 0 Å². The number of hydrogen-bond donors (Lipinski definition) is 1. The van der Waals surface area contributed by atoms with Gasteiger partial charge in [-0.1, -0.05) is 27.7 Å². The molecular weight excluding hydrogens is 210 g/mol. The average Bonchev–Trinajstić information content (AvgIpc) is 2.76. The molecule has 3 nitrogen and oxygen atoms in total. The monoisotopic (exact) mass is 241 g/mol. The Bertz CT molecular complexity index is 202. The zero-order chi connectivity index (χ0) is 12.8. The van der Waals surface area contributed by atoms with Crippen LogP contribution in [0, 0.1) is 5.92 Å². The second-order valence-electron chi connectivity index (χ2n) is 5.53. The molecule has 2 atom stereocenters. The van der Waals surface area contributed by atoms with Crippen LogP contribution in [0.3, 0.4) is 0 Å². The summed E-state index contributed by atoms with van der Waals surface area (Å²) in [7, 11) is 2.06. The van der Waals surface area contributed by atoms with E-state index in [1.807, 2.05) is 0 Å². The first-order valence-electron chi connectivity index (χ1n) is 7.26. The quantitative estimate of drug-likeness (QED) is 0.731. The Morgan fingerprint density at radius 3 is 2.41 bits per heavy atom. The van der Waals surface area contributed by atoms with E-state index in [0.29, 0.717) is 6.04 Å². The Hall–Kier alpha value is -0.120. The molecule has 1 fully saturated rings. The molecule has 0 aromatic carbocycles. The van der Waals surface area contributed by atoms with Crippen molar-refractivity contribution in [3.8, 4) is 0 Å². The summed E-state index contributed by atoms with van der Waals surface area (Å²) in [6.07, 6.45) is 1.34. The minimum absolute atomic E-state index is 0.695. The molecule has 17 heavy (non-hydrogen) atoms. The minimum atomic E-state index is 0.695. The molecule has 1 aliphatic heterocycles. The predicted molar refractivity (Wildman–Crippen MR) is 75.5 cm³/mol. The molecule has 0 aliphatic carbocycles. The molecule has 0 amide bonds. The van der Waals surface area contributed by atoms with E-state index in [0.717, 1.165) is 18.5 Å². The summed E-state index contributed by atoms with van der Waals surface area (Å²) < 4.78 is 0. The van der Waals surface area contributed by atoms with Crippen molar-refractivity contribution in [3.63, 3.8) is 0 Å². The number of likely N-dealkylation sites (N-methyl/N-ethyl adjacent to an activating group) is 2. The molecule has 1 aliphatic rings. The first-order valence-corrected chi connectivity index (χ1v) is 7.26. The molecule has 1 N–H and O–H groups in total. The Kier molecular flexibility index (Phi) is 6.45. The fourth-order valence-corrected chi connectivity index (χ4v) is 3.10. The Morgan fingerprint density at radius 2 is 1.94 bits per heavy atom. The number of hydrogen-bond acceptors (Lipinski definition) is 3. The van der Waals surface area contributed by atoms with Crippen LogP contribution in [0.5, 0.6) is 0 Å². The third kappa shape index (κ3) is 3.94. The van der Waals surface area contributed by atoms with Gasteiger partial charge in [-0.2, -0.15) is 0 Å². The van der Waals surface area contributed by atoms with Gasteiger partial charge in [0.15, 0.2) is 0 Å². The maximum Gasteiger partial charge on any atom is 0.0244 e. The van der Waals surface area contributed by atoms with Gasteiger partial charge in [0.05, 0.1) is 0 Å². The van der Waals surface area contributed by atoms with Crippen LogP contribution in [0.2, 0.25) is 0 Å². The van der Waals surface area contributed by atoms with Crippen LogP contribution in [-0.4, -0.2) is 61.7 Å². The van der Waals surface area contributed by atoms with Crippen molar-refractivity contribution >= 4 is 0 Å². The summed E-state index contributed by atoms with van der Waals surface area (Å²) in [4.78, 5) is 5.29. The van der Waals surface area contributed by atoms with Crippen LogP contribution < -0.4 is 5.32 Å². The van der Waals surface area contributed by atoms with Crippen molar-refractivity contribution in [1.29, 1.82) is 0 Å². The molecule has 3 heteroatoms. The van der Waals surface area contributed by atoms with E-state index in [9.17, 15) is 0 Å². The number of nitrogens with zero attached hydrogens (tertiary/aromatic N) is 2. The lowest BCUT2D eigenvalue weighted by molar-refractivity contribution is 0.160. The van der Waals surface area contributed by atoms with E-state index in [2.05, 4.69) is 49.9 Å². The maximum atomic E-state index is 3.34. The summed E-state index contributed by atoms with van der Waals surface area (Å²) in [6, 6.07) is 1.48. The fraction of sp³-hybridized carbons (Fsp3) is 1.00. The van der Waals surface area contributed by atoms with Gasteiger partial charge in [-0.15, -0.1) is 0 Å². The van der Waals surface area contributed by atoms with Crippen molar-refractivity contribution in [2.24, 2.45) is 5.92 Å². The molecule has 0 spiro atoms. The van der Waals surface area contributed by atoms with Crippen LogP contribution in [-0.2, 0) is 0 Å². The summed E-state index contributed by atoms with van der Waals surface area (Å²) in [5, 5.41) is 3.34. The Morgan fingerprint density at radius 1 is 1.29 bits per heavy atom. The van der Waals surface area contributed by atoms with Crippen LogP contribution in [0.25, 0.3) is 0 Å². The summed E-state index contributed by atoms with van der Waals surface area (Å²) in [6.45, 7) is 15.3. The van der Waals surface area contributed by atoms with Gasteiger partial charge in [0.1, 0.15) is 0 Å². The van der Waals surface area contributed by atoms with Gasteiger partial charge in [0.2, 0.25) is 0 Å². The third-order valence-corrected chi connectivity index (χ3v) is 4.18. The fourth-order valence-electron chi connectivity index (χ4n) is 3.10. The zero-order valence-corrected chi connectivity index (χ0v) is 12.4. The van der Waals surface area contributed by atoms with E-state index in [1.54, 1.807) is 0 Å². The SMILES string of the molecule is CCN(CC)C1CCN(C(CNC)C(C)C)C1. The molecule has 1 rings (SSSR count). The Balaban J connectivity index is 2.52. The highest BCUT2D eigenvalue weighted by Crippen LogP contribution is 2.21. The van der Waals surface area contributed by atoms with Crippen molar-refractivity contribution in [1.82, 2.24) is 15.1 Å². The summed E-state index contributed by atoms with van der Waals surface area (Å²) >= 11 is 0. The van der Waals surface area contributed by atoms with Crippen LogP contribution in [0.4, 0.5) is 0 Å². The van der Waals surface area contributed by atoms with Gasteiger partial charge >= 0.3 is 0 Å². The lowest BCUT2D eigenvalue weighted by Crippen LogP contribution is -2.45. The molecule has 0 saturated carbocycles. The first kappa shape index (κ1) is 14.9. The van der Waals surface area contributed by atoms with E-state index in [4.69, 9.17) is 0 Å². The highest BCUT2D eigenvalue weighted by Gasteiger charge is 2.31. The van der Waals surface area contributed by atoms with E-state index in [-0.39, 0.29) is 0 Å². The van der Waals surface area contributed by atoms with E-state index >= 15 is 0 Å². The average molecular weight is 241 g/mol. The van der Waals surface area contributed by atoms with Gasteiger partial charge < -0.3 is 5.32 Å². The molecule has 1 heterocycles. The highest BCUT2D eigenvalue weighted by molar-refractivity contribution is 4.88. The molecule has 1 saturated heterocycles. The minimum Gasteiger partial charge on any atom is -0.318 e. The van der Waals surface area contributed by atoms with Gasteiger partial charge in [-0.05, 0) is 32.5 Å². The smallest absolute Gasteiger partial charge is 0.0244 e. The summed E-state index contributed by atoms with van der Waals surface area (Å²) in [5.74, 6) is 0.734. The highest BCUT2D eigenvalue weighted by atomic mass is 15.3. The molecule has 102 valence electrons. The van der Waals surface area contributed by atoms with Crippen molar-refractivity contribution in [2.45, 2.75) is 46.2 Å². The van der Waals surface area contributed by atoms with Crippen LogP contribution >= 0.6 is 0 Å². The standard InChI is InChI=1S/C14H31N3/c1-6-16(7-2)13-8-9-17(11-13)14(10-15-5)12(3)4/h12-15H,6-11H2,1-5H3. The molecule has 2 unspecified atom stereocenters. The van der Waals surface area contributed by atoms with Gasteiger partial charge in [-0.25, -0.2) is 0 Å². The van der Waals surface area contributed by atoms with Crippen LogP contribution in [0.15, 0.2) is 0 Å². The predicted octanol–water partition coefficient (Wildman–Crippen LogP) is 1.65. The molecule has 0 bridgehead atoms. The molecule has 0 aromatic rings. The van der Waals surface area contributed by atoms with Gasteiger partial charge in [0, 0.05) is 31.7 Å². The van der Waals surface area contributed by atoms with Gasteiger partial charge in [0.25, 0.3) is 0 Å². The topological polar surface area (TPSA) is 18.5 Å². The van der Waals surface area contributed by atoms with Crippen molar-refractivity contribution in [2.75, 3.05) is 39.8 Å². The molecule has 0 radical (unpaired) electrons. The number of likely N-dealkylation sites (tertiary alicyclic amines) is 1. The largest absolute Gasteiger partial charge is 0.318 e. The molecule has 0 aromatic heterocycles. The van der Waals surface area contributed by atoms with Crippen molar-refractivity contribution < 1.29 is 0 Å². The second kappa shape index (κ2) is 7.34. The summed E-state index contributed by atoms with van der Waals surface area (Å²) in [5.41, 5.74) is 0. The van der Waals surface area contributed by atoms with E-state index in [1.165, 1.54) is 32.6 Å². The normalized spacial score (nSPS) is 23.8. The lowest BCUT2D eigenvalue weighted by atomic mass is 10.0. The lowest BCUT2D eigenvalue weighted by Gasteiger charge is -2.32. The van der Waals surface area contributed by atoms with E-state index < -0.39 is 0 Å². The second-order valence-corrected chi connectivity index (χ2v) is 5.53. The number of nitrogens with one attached hydrogen (secondary N) is 1. The van der Waals surface area contributed by atoms with Crippen LogP contribution in [0.1, 0.15) is 34.1 Å². The third-order valence-electron chi connectivity index (χ3n) is 4.18. The zero-order valence-electron chi connectivity index (χ0n) is 12.4. The first-order chi connectivity index (χ1) is 8.13. The maximum absolute atomic E-state index is 3.34.